The summed E-state index contributed by atoms with van der Waals surface area (Å²) < 4.78 is 33.4. The van der Waals surface area contributed by atoms with Gasteiger partial charge in [-0.3, -0.25) is 14.7 Å². The van der Waals surface area contributed by atoms with E-state index in [9.17, 15) is 23.1 Å². The molecule has 8 nitrogen and oxygen atoms in total. The Morgan fingerprint density at radius 2 is 1.52 bits per heavy atom. The maximum atomic E-state index is 11.9. The zero-order valence-electron chi connectivity index (χ0n) is 16.6. The van der Waals surface area contributed by atoms with Crippen molar-refractivity contribution in [3.05, 3.63) is 81.9 Å². The smallest absolute Gasteiger partial charge is 0.282 e. The van der Waals surface area contributed by atoms with Crippen LogP contribution >= 0.6 is 0 Å². The van der Waals surface area contributed by atoms with Gasteiger partial charge in [-0.15, -0.1) is 10.2 Å². The molecule has 0 saturated carbocycles. The summed E-state index contributed by atoms with van der Waals surface area (Å²) in [5.41, 5.74) is 2.11. The van der Waals surface area contributed by atoms with Gasteiger partial charge in [-0.25, -0.2) is 0 Å². The largest absolute Gasteiger partial charge is 0.295 e. The van der Waals surface area contributed by atoms with Crippen molar-refractivity contribution < 1.29 is 17.9 Å². The molecule has 4 aromatic carbocycles. The number of hydrogen-bond donors (Lipinski definition) is 1. The Labute approximate surface area is 177 Å². The Kier molecular flexibility index (Phi) is 5.00. The number of nitro groups is 1. The van der Waals surface area contributed by atoms with Crippen LogP contribution in [-0.2, 0) is 10.1 Å². The average molecular weight is 435 g/mol. The van der Waals surface area contributed by atoms with Gasteiger partial charge in [0.2, 0.25) is 0 Å². The fraction of sp³-hybridized carbons (Fsp3) is 0.0909. The molecule has 0 radical (unpaired) electrons. The first-order valence-electron chi connectivity index (χ1n) is 9.26. The van der Waals surface area contributed by atoms with E-state index < -0.39 is 19.9 Å². The highest BCUT2D eigenvalue weighted by Crippen LogP contribution is 2.38. The van der Waals surface area contributed by atoms with Crippen LogP contribution in [0, 0.1) is 24.0 Å². The summed E-state index contributed by atoms with van der Waals surface area (Å²) in [6, 6.07) is 16.7. The number of rotatable bonds is 4. The molecule has 0 heterocycles. The van der Waals surface area contributed by atoms with E-state index in [1.165, 1.54) is 18.2 Å². The Hall–Kier alpha value is -3.69. The number of aryl methyl sites for hydroxylation is 2. The Bertz CT molecular complexity index is 1510. The topological polar surface area (TPSA) is 122 Å². The summed E-state index contributed by atoms with van der Waals surface area (Å²) in [5.74, 6) is 0. The van der Waals surface area contributed by atoms with Crippen molar-refractivity contribution in [2.24, 2.45) is 10.2 Å². The van der Waals surface area contributed by atoms with E-state index in [0.29, 0.717) is 22.3 Å². The molecular formula is C22H17N3O5S. The van der Waals surface area contributed by atoms with Gasteiger partial charge in [-0.05, 0) is 42.5 Å². The van der Waals surface area contributed by atoms with Crippen molar-refractivity contribution >= 4 is 48.7 Å². The molecule has 0 bridgehead atoms. The molecule has 1 N–H and O–H groups in total. The molecule has 9 heteroatoms. The van der Waals surface area contributed by atoms with Crippen LogP contribution in [-0.4, -0.2) is 17.9 Å². The lowest BCUT2D eigenvalue weighted by Gasteiger charge is -2.10. The van der Waals surface area contributed by atoms with Crippen molar-refractivity contribution in [2.75, 3.05) is 0 Å². The van der Waals surface area contributed by atoms with Gasteiger partial charge in [0.1, 0.15) is 4.90 Å². The summed E-state index contributed by atoms with van der Waals surface area (Å²) in [4.78, 5) is 10.1. The predicted octanol–water partition coefficient (Wildman–Crippen LogP) is 6.18. The lowest BCUT2D eigenvalue weighted by Crippen LogP contribution is -2.01. The molecule has 0 spiro atoms. The van der Waals surface area contributed by atoms with Gasteiger partial charge in [0, 0.05) is 28.3 Å². The monoisotopic (exact) mass is 435 g/mol. The fourth-order valence-corrected chi connectivity index (χ4v) is 4.33. The molecule has 0 aromatic heterocycles. The molecular weight excluding hydrogens is 418 g/mol. The SMILES string of the molecule is Cc1ccc2ccccc2c1/N=N/c1c(C)cc(S(=O)(=O)O)c2cc([N+](=O)[O-])ccc12. The number of fused-ring (bicyclic) bond motifs is 2. The van der Waals surface area contributed by atoms with Crippen molar-refractivity contribution in [1.29, 1.82) is 0 Å². The second kappa shape index (κ2) is 7.53. The zero-order chi connectivity index (χ0) is 22.3. The molecule has 4 rings (SSSR count). The standard InChI is InChI=1S/C22H17N3O5S/c1-13-7-8-15-5-3-4-6-17(15)21(13)23-24-22-14(2)11-20(31(28,29)30)19-12-16(25(26)27)9-10-18(19)22/h3-12H,1-2H3,(H,28,29,30)/b24-23+. The number of hydrogen-bond acceptors (Lipinski definition) is 6. The Morgan fingerprint density at radius 3 is 2.19 bits per heavy atom. The molecule has 0 atom stereocenters. The van der Waals surface area contributed by atoms with Gasteiger partial charge in [0.15, 0.2) is 0 Å². The van der Waals surface area contributed by atoms with E-state index in [0.717, 1.165) is 22.4 Å². The minimum absolute atomic E-state index is 0.00546. The van der Waals surface area contributed by atoms with E-state index >= 15 is 0 Å². The lowest BCUT2D eigenvalue weighted by atomic mass is 10.0. The highest BCUT2D eigenvalue weighted by molar-refractivity contribution is 7.86. The van der Waals surface area contributed by atoms with Crippen LogP contribution in [0.15, 0.2) is 75.8 Å². The molecule has 0 aliphatic carbocycles. The second-order valence-corrected chi connectivity index (χ2v) is 8.54. The van der Waals surface area contributed by atoms with Gasteiger partial charge in [-0.1, -0.05) is 36.4 Å². The fourth-order valence-electron chi connectivity index (χ4n) is 3.55. The molecule has 0 unspecified atom stereocenters. The number of azo groups is 1. The molecule has 31 heavy (non-hydrogen) atoms. The Balaban J connectivity index is 1.98. The minimum Gasteiger partial charge on any atom is -0.282 e. The van der Waals surface area contributed by atoms with E-state index in [1.807, 2.05) is 43.3 Å². The molecule has 0 saturated heterocycles. The number of non-ortho nitro benzene ring substituents is 1. The van der Waals surface area contributed by atoms with E-state index in [-0.39, 0.29) is 11.1 Å². The molecule has 156 valence electrons. The average Bonchev–Trinajstić information content (AvgIpc) is 2.72. The maximum Gasteiger partial charge on any atom is 0.295 e. The summed E-state index contributed by atoms with van der Waals surface area (Å²) in [5, 5.41) is 22.3. The van der Waals surface area contributed by atoms with Crippen LogP contribution in [0.25, 0.3) is 21.5 Å². The van der Waals surface area contributed by atoms with Gasteiger partial charge < -0.3 is 0 Å². The van der Waals surface area contributed by atoms with Crippen LogP contribution in [0.1, 0.15) is 11.1 Å². The molecule has 0 aliphatic heterocycles. The number of nitro benzene ring substituents is 1. The third-order valence-electron chi connectivity index (χ3n) is 5.09. The lowest BCUT2D eigenvalue weighted by molar-refractivity contribution is -0.384. The predicted molar refractivity (Wildman–Crippen MR) is 118 cm³/mol. The highest BCUT2D eigenvalue weighted by Gasteiger charge is 2.21. The first-order chi connectivity index (χ1) is 14.7. The molecule has 0 amide bonds. The Morgan fingerprint density at radius 1 is 0.839 bits per heavy atom. The van der Waals surface area contributed by atoms with Crippen LogP contribution in [0.4, 0.5) is 17.1 Å². The van der Waals surface area contributed by atoms with Gasteiger partial charge in [-0.2, -0.15) is 8.42 Å². The first-order valence-corrected chi connectivity index (χ1v) is 10.7. The van der Waals surface area contributed by atoms with Crippen LogP contribution in [0.3, 0.4) is 0 Å². The van der Waals surface area contributed by atoms with E-state index in [2.05, 4.69) is 10.2 Å². The third kappa shape index (κ3) is 3.76. The number of nitrogens with zero attached hydrogens (tertiary/aromatic N) is 3. The van der Waals surface area contributed by atoms with Crippen LogP contribution in [0.2, 0.25) is 0 Å². The van der Waals surface area contributed by atoms with Gasteiger partial charge in [0.05, 0.1) is 16.3 Å². The van der Waals surface area contributed by atoms with Crippen molar-refractivity contribution in [2.45, 2.75) is 18.7 Å². The number of benzene rings is 4. The van der Waals surface area contributed by atoms with Crippen LogP contribution in [0.5, 0.6) is 0 Å². The van der Waals surface area contributed by atoms with Crippen molar-refractivity contribution in [3.63, 3.8) is 0 Å². The molecule has 0 fully saturated rings. The van der Waals surface area contributed by atoms with Crippen LogP contribution < -0.4 is 0 Å². The maximum absolute atomic E-state index is 11.9. The first kappa shape index (κ1) is 20.6. The molecule has 0 aliphatic rings. The summed E-state index contributed by atoms with van der Waals surface area (Å²) >= 11 is 0. The zero-order valence-corrected chi connectivity index (χ0v) is 17.4. The summed E-state index contributed by atoms with van der Waals surface area (Å²) in [6.45, 7) is 3.55. The summed E-state index contributed by atoms with van der Waals surface area (Å²) in [6.07, 6.45) is 0. The van der Waals surface area contributed by atoms with Crippen molar-refractivity contribution in [1.82, 2.24) is 0 Å². The van der Waals surface area contributed by atoms with Gasteiger partial charge in [0.25, 0.3) is 15.8 Å². The quantitative estimate of drug-likeness (QED) is 0.177. The van der Waals surface area contributed by atoms with Gasteiger partial charge >= 0.3 is 0 Å². The minimum atomic E-state index is -4.61. The third-order valence-corrected chi connectivity index (χ3v) is 5.98. The second-order valence-electron chi connectivity index (χ2n) is 7.15. The van der Waals surface area contributed by atoms with E-state index in [4.69, 9.17) is 0 Å². The normalized spacial score (nSPS) is 12.1. The van der Waals surface area contributed by atoms with Crippen molar-refractivity contribution in [3.8, 4) is 0 Å². The summed E-state index contributed by atoms with van der Waals surface area (Å²) in [7, 11) is -4.61. The van der Waals surface area contributed by atoms with E-state index in [1.54, 1.807) is 6.92 Å². The highest BCUT2D eigenvalue weighted by atomic mass is 32.2. The molecule has 4 aromatic rings.